The minimum absolute atomic E-state index is 0.567. The lowest BCUT2D eigenvalue weighted by molar-refractivity contribution is -0.143. The van der Waals surface area contributed by atoms with E-state index in [1.807, 2.05) is 25.1 Å². The summed E-state index contributed by atoms with van der Waals surface area (Å²) in [6.07, 6.45) is 0.937. The average molecular weight is 267 g/mol. The van der Waals surface area contributed by atoms with Crippen LogP contribution in [0.4, 0.5) is 0 Å². The Morgan fingerprint density at radius 1 is 1.39 bits per heavy atom. The van der Waals surface area contributed by atoms with Crippen LogP contribution in [-0.2, 0) is 10.5 Å². The summed E-state index contributed by atoms with van der Waals surface area (Å²) in [4.78, 5) is 11.3. The first kappa shape index (κ1) is 15.1. The van der Waals surface area contributed by atoms with Gasteiger partial charge in [0.2, 0.25) is 0 Å². The molecule has 2 N–H and O–H groups in total. The first-order valence-electron chi connectivity index (χ1n) is 6.18. The minimum Gasteiger partial charge on any atom is -0.480 e. The van der Waals surface area contributed by atoms with Crippen molar-refractivity contribution in [2.45, 2.75) is 31.6 Å². The van der Waals surface area contributed by atoms with E-state index in [0.29, 0.717) is 5.75 Å². The fourth-order valence-electron chi connectivity index (χ4n) is 1.54. The topological polar surface area (TPSA) is 49.3 Å². The van der Waals surface area contributed by atoms with Crippen molar-refractivity contribution in [3.05, 3.63) is 35.9 Å². The molecule has 0 aliphatic heterocycles. The predicted octanol–water partition coefficient (Wildman–Crippen LogP) is 2.76. The summed E-state index contributed by atoms with van der Waals surface area (Å²) in [6, 6.07) is 10.1. The normalized spacial score (nSPS) is 14.1. The van der Waals surface area contributed by atoms with E-state index in [1.54, 1.807) is 18.7 Å². The van der Waals surface area contributed by atoms with Gasteiger partial charge < -0.3 is 10.4 Å². The summed E-state index contributed by atoms with van der Waals surface area (Å²) in [5.74, 6) is 0.630. The number of thioether (sulfide) groups is 1. The molecular weight excluding hydrogens is 246 g/mol. The molecule has 1 aromatic carbocycles. The number of aliphatic carboxylic acids is 1. The Labute approximate surface area is 113 Å². The number of carboxylic acids is 1. The van der Waals surface area contributed by atoms with E-state index < -0.39 is 11.5 Å². The van der Waals surface area contributed by atoms with Gasteiger partial charge in [0.05, 0.1) is 0 Å². The smallest absolute Gasteiger partial charge is 0.324 e. The zero-order valence-corrected chi connectivity index (χ0v) is 11.8. The molecule has 100 valence electrons. The van der Waals surface area contributed by atoms with Crippen LogP contribution >= 0.6 is 11.8 Å². The molecule has 1 rings (SSSR count). The van der Waals surface area contributed by atoms with E-state index in [1.165, 1.54) is 5.56 Å². The summed E-state index contributed by atoms with van der Waals surface area (Å²) >= 11 is 1.65. The van der Waals surface area contributed by atoms with Crippen LogP contribution in [0, 0.1) is 0 Å². The highest BCUT2D eigenvalue weighted by Crippen LogP contribution is 2.18. The zero-order chi connectivity index (χ0) is 13.4. The summed E-state index contributed by atoms with van der Waals surface area (Å²) < 4.78 is 0. The molecule has 18 heavy (non-hydrogen) atoms. The van der Waals surface area contributed by atoms with Crippen LogP contribution in [0.15, 0.2) is 30.3 Å². The van der Waals surface area contributed by atoms with Gasteiger partial charge in [0.15, 0.2) is 0 Å². The Morgan fingerprint density at radius 3 is 2.61 bits per heavy atom. The summed E-state index contributed by atoms with van der Waals surface area (Å²) in [7, 11) is 0. The summed E-state index contributed by atoms with van der Waals surface area (Å²) in [5.41, 5.74) is 0.390. The second kappa shape index (κ2) is 7.44. The zero-order valence-electron chi connectivity index (χ0n) is 11.0. The van der Waals surface area contributed by atoms with Crippen molar-refractivity contribution in [2.24, 2.45) is 0 Å². The van der Waals surface area contributed by atoms with Crippen molar-refractivity contribution in [3.63, 3.8) is 0 Å². The Hall–Kier alpha value is -1.00. The van der Waals surface area contributed by atoms with Gasteiger partial charge in [0.1, 0.15) is 5.54 Å². The van der Waals surface area contributed by atoms with Crippen LogP contribution in [0.1, 0.15) is 25.8 Å². The third kappa shape index (κ3) is 4.70. The Balaban J connectivity index is 2.45. The molecule has 3 nitrogen and oxygen atoms in total. The SMILES string of the molecule is CCCNC(C)(CSCc1ccccc1)C(=O)O. The molecule has 0 aromatic heterocycles. The monoisotopic (exact) mass is 267 g/mol. The fraction of sp³-hybridized carbons (Fsp3) is 0.500. The van der Waals surface area contributed by atoms with Crippen LogP contribution < -0.4 is 5.32 Å². The highest BCUT2D eigenvalue weighted by atomic mass is 32.2. The molecule has 4 heteroatoms. The maximum Gasteiger partial charge on any atom is 0.324 e. The molecule has 1 atom stereocenters. The van der Waals surface area contributed by atoms with Gasteiger partial charge in [-0.2, -0.15) is 11.8 Å². The maximum atomic E-state index is 11.3. The third-order valence-corrected chi connectivity index (χ3v) is 4.06. The molecule has 0 radical (unpaired) electrons. The van der Waals surface area contributed by atoms with Crippen molar-refractivity contribution >= 4 is 17.7 Å². The molecule has 0 bridgehead atoms. The van der Waals surface area contributed by atoms with Gasteiger partial charge >= 0.3 is 5.97 Å². The van der Waals surface area contributed by atoms with E-state index in [-0.39, 0.29) is 0 Å². The number of nitrogens with one attached hydrogen (secondary N) is 1. The number of hydrogen-bond acceptors (Lipinski definition) is 3. The van der Waals surface area contributed by atoms with Crippen molar-refractivity contribution in [2.75, 3.05) is 12.3 Å². The van der Waals surface area contributed by atoms with Crippen LogP contribution in [0.5, 0.6) is 0 Å². The van der Waals surface area contributed by atoms with Crippen molar-refractivity contribution in [1.29, 1.82) is 0 Å². The molecule has 0 heterocycles. The second-order valence-corrected chi connectivity index (χ2v) is 5.53. The summed E-state index contributed by atoms with van der Waals surface area (Å²) in [6.45, 7) is 4.52. The molecule has 0 aliphatic carbocycles. The van der Waals surface area contributed by atoms with E-state index in [4.69, 9.17) is 0 Å². The minimum atomic E-state index is -0.838. The number of carboxylic acid groups (broad SMARTS) is 1. The number of rotatable bonds is 8. The van der Waals surface area contributed by atoms with Crippen molar-refractivity contribution < 1.29 is 9.90 Å². The lowest BCUT2D eigenvalue weighted by atomic mass is 10.1. The van der Waals surface area contributed by atoms with Crippen LogP contribution in [0.2, 0.25) is 0 Å². The van der Waals surface area contributed by atoms with Crippen LogP contribution in [-0.4, -0.2) is 28.9 Å². The molecule has 0 spiro atoms. The van der Waals surface area contributed by atoms with Gasteiger partial charge in [-0.3, -0.25) is 4.79 Å². The lowest BCUT2D eigenvalue weighted by Gasteiger charge is -2.25. The quantitative estimate of drug-likeness (QED) is 0.760. The van der Waals surface area contributed by atoms with Gasteiger partial charge in [0.25, 0.3) is 0 Å². The highest BCUT2D eigenvalue weighted by Gasteiger charge is 2.31. The van der Waals surface area contributed by atoms with E-state index >= 15 is 0 Å². The predicted molar refractivity (Wildman–Crippen MR) is 76.9 cm³/mol. The van der Waals surface area contributed by atoms with Crippen molar-refractivity contribution in [3.8, 4) is 0 Å². The largest absolute Gasteiger partial charge is 0.480 e. The number of hydrogen-bond donors (Lipinski definition) is 2. The van der Waals surface area contributed by atoms with E-state index in [0.717, 1.165) is 18.7 Å². The van der Waals surface area contributed by atoms with Crippen LogP contribution in [0.25, 0.3) is 0 Å². The Bertz CT molecular complexity index is 369. The first-order chi connectivity index (χ1) is 8.58. The van der Waals surface area contributed by atoms with Crippen LogP contribution in [0.3, 0.4) is 0 Å². The number of carbonyl (C=O) groups is 1. The van der Waals surface area contributed by atoms with E-state index in [9.17, 15) is 9.90 Å². The molecule has 0 saturated carbocycles. The average Bonchev–Trinajstić information content (AvgIpc) is 2.37. The van der Waals surface area contributed by atoms with Crippen molar-refractivity contribution in [1.82, 2.24) is 5.32 Å². The molecule has 0 fully saturated rings. The number of benzene rings is 1. The van der Waals surface area contributed by atoms with Gasteiger partial charge in [-0.1, -0.05) is 37.3 Å². The van der Waals surface area contributed by atoms with Gasteiger partial charge in [0, 0.05) is 11.5 Å². The molecule has 1 unspecified atom stereocenters. The highest BCUT2D eigenvalue weighted by molar-refractivity contribution is 7.98. The molecule has 0 saturated heterocycles. The molecule has 1 aromatic rings. The Morgan fingerprint density at radius 2 is 2.06 bits per heavy atom. The summed E-state index contributed by atoms with van der Waals surface area (Å²) in [5, 5.41) is 12.4. The third-order valence-electron chi connectivity index (χ3n) is 2.74. The lowest BCUT2D eigenvalue weighted by Crippen LogP contribution is -2.52. The fourth-order valence-corrected chi connectivity index (χ4v) is 2.70. The first-order valence-corrected chi connectivity index (χ1v) is 7.34. The van der Waals surface area contributed by atoms with Gasteiger partial charge in [-0.15, -0.1) is 0 Å². The van der Waals surface area contributed by atoms with E-state index in [2.05, 4.69) is 17.4 Å². The standard InChI is InChI=1S/C14H21NO2S/c1-3-9-15-14(2,13(16)17)11-18-10-12-7-5-4-6-8-12/h4-8,15H,3,9-11H2,1-2H3,(H,16,17). The maximum absolute atomic E-state index is 11.3. The second-order valence-electron chi connectivity index (χ2n) is 4.54. The molecule has 0 amide bonds. The van der Waals surface area contributed by atoms with Gasteiger partial charge in [-0.05, 0) is 25.5 Å². The molecule has 0 aliphatic rings. The Kier molecular flexibility index (Phi) is 6.22. The molecular formula is C14H21NO2S. The van der Waals surface area contributed by atoms with Gasteiger partial charge in [-0.25, -0.2) is 0 Å².